The Morgan fingerprint density at radius 2 is 2.17 bits per heavy atom. The molecule has 1 aromatic rings. The summed E-state index contributed by atoms with van der Waals surface area (Å²) in [5.41, 5.74) is 0. The summed E-state index contributed by atoms with van der Waals surface area (Å²) in [5.74, 6) is 0. The maximum absolute atomic E-state index is 12.1. The van der Waals surface area contributed by atoms with Gasteiger partial charge in [-0.2, -0.15) is 0 Å². The highest BCUT2D eigenvalue weighted by Gasteiger charge is 2.22. The monoisotopic (exact) mass is 309 g/mol. The van der Waals surface area contributed by atoms with Crippen LogP contribution in [0.5, 0.6) is 0 Å². The third-order valence-corrected chi connectivity index (χ3v) is 4.85. The minimum absolute atomic E-state index is 0.00494. The predicted molar refractivity (Wildman–Crippen MR) is 70.6 cm³/mol. The highest BCUT2D eigenvalue weighted by molar-refractivity contribution is 7.89. The lowest BCUT2D eigenvalue weighted by molar-refractivity contribution is 0.114. The third kappa shape index (κ3) is 3.36. The zero-order chi connectivity index (χ0) is 13.2. The van der Waals surface area contributed by atoms with Gasteiger partial charge in [0.05, 0.1) is 11.1 Å². The molecular weight excluding hydrogens is 297 g/mol. The van der Waals surface area contributed by atoms with E-state index in [1.165, 1.54) is 12.1 Å². The van der Waals surface area contributed by atoms with Crippen molar-refractivity contribution >= 4 is 33.2 Å². The van der Waals surface area contributed by atoms with E-state index in [4.69, 9.17) is 27.9 Å². The van der Waals surface area contributed by atoms with Gasteiger partial charge >= 0.3 is 0 Å². The van der Waals surface area contributed by atoms with E-state index in [1.807, 2.05) is 0 Å². The van der Waals surface area contributed by atoms with Crippen molar-refractivity contribution in [3.05, 3.63) is 28.2 Å². The SMILES string of the molecule is O=S(=O)(NC[C@@H]1CCCO1)c1cc(Cl)ccc1Cl. The first-order valence-electron chi connectivity index (χ1n) is 5.55. The molecule has 0 saturated carbocycles. The summed E-state index contributed by atoms with van der Waals surface area (Å²) in [7, 11) is -3.65. The molecule has 0 radical (unpaired) electrons. The molecule has 0 unspecified atom stereocenters. The number of rotatable bonds is 4. The standard InChI is InChI=1S/C11H13Cl2NO3S/c12-8-3-4-10(13)11(6-8)18(15,16)14-7-9-2-1-5-17-9/h3-4,6,9,14H,1-2,5,7H2/t9-/m0/s1. The summed E-state index contributed by atoms with van der Waals surface area (Å²) in [4.78, 5) is -0.00494. The maximum Gasteiger partial charge on any atom is 0.242 e. The Morgan fingerprint density at radius 1 is 1.39 bits per heavy atom. The number of benzene rings is 1. The molecule has 0 amide bonds. The highest BCUT2D eigenvalue weighted by Crippen LogP contribution is 2.25. The number of sulfonamides is 1. The summed E-state index contributed by atoms with van der Waals surface area (Å²) in [5, 5.41) is 0.483. The molecule has 0 aromatic heterocycles. The zero-order valence-corrected chi connectivity index (χ0v) is 11.9. The van der Waals surface area contributed by atoms with Gasteiger partial charge in [0.25, 0.3) is 0 Å². The fourth-order valence-electron chi connectivity index (χ4n) is 1.77. The normalized spacial score (nSPS) is 20.2. The van der Waals surface area contributed by atoms with Crippen LogP contribution in [-0.4, -0.2) is 27.7 Å². The van der Waals surface area contributed by atoms with Crippen molar-refractivity contribution in [3.8, 4) is 0 Å². The summed E-state index contributed by atoms with van der Waals surface area (Å²) in [6.45, 7) is 0.940. The predicted octanol–water partition coefficient (Wildman–Crippen LogP) is 2.45. The quantitative estimate of drug-likeness (QED) is 0.929. The van der Waals surface area contributed by atoms with Crippen molar-refractivity contribution in [2.45, 2.75) is 23.8 Å². The largest absolute Gasteiger partial charge is 0.377 e. The third-order valence-electron chi connectivity index (χ3n) is 2.71. The van der Waals surface area contributed by atoms with Crippen molar-refractivity contribution in [2.24, 2.45) is 0 Å². The van der Waals surface area contributed by atoms with Crippen molar-refractivity contribution in [3.63, 3.8) is 0 Å². The number of hydrogen-bond acceptors (Lipinski definition) is 3. The van der Waals surface area contributed by atoms with Gasteiger partial charge in [-0.25, -0.2) is 13.1 Å². The number of nitrogens with one attached hydrogen (secondary N) is 1. The van der Waals surface area contributed by atoms with Crippen molar-refractivity contribution in [2.75, 3.05) is 13.2 Å². The van der Waals surface area contributed by atoms with E-state index < -0.39 is 10.0 Å². The van der Waals surface area contributed by atoms with Gasteiger partial charge in [0.1, 0.15) is 4.90 Å². The van der Waals surface area contributed by atoms with E-state index in [1.54, 1.807) is 6.07 Å². The van der Waals surface area contributed by atoms with Crippen LogP contribution in [0.4, 0.5) is 0 Å². The molecule has 2 rings (SSSR count). The Labute approximate surface area is 116 Å². The average molecular weight is 310 g/mol. The molecule has 1 aliphatic rings. The molecule has 1 N–H and O–H groups in total. The van der Waals surface area contributed by atoms with Gasteiger partial charge in [0, 0.05) is 18.2 Å². The number of halogens is 2. The lowest BCUT2D eigenvalue weighted by Crippen LogP contribution is -2.32. The van der Waals surface area contributed by atoms with Crippen molar-refractivity contribution in [1.29, 1.82) is 0 Å². The lowest BCUT2D eigenvalue weighted by atomic mass is 10.2. The first-order chi connectivity index (χ1) is 8.49. The van der Waals surface area contributed by atoms with Crippen LogP contribution in [0, 0.1) is 0 Å². The molecule has 100 valence electrons. The van der Waals surface area contributed by atoms with E-state index in [-0.39, 0.29) is 22.6 Å². The van der Waals surface area contributed by atoms with Crippen LogP contribution in [0.3, 0.4) is 0 Å². The van der Waals surface area contributed by atoms with Crippen LogP contribution in [0.15, 0.2) is 23.1 Å². The fourth-order valence-corrected chi connectivity index (χ4v) is 3.60. The molecule has 0 bridgehead atoms. The second kappa shape index (κ2) is 5.75. The first-order valence-corrected chi connectivity index (χ1v) is 7.79. The Balaban J connectivity index is 2.12. The Kier molecular flexibility index (Phi) is 4.50. The Morgan fingerprint density at radius 3 is 2.83 bits per heavy atom. The summed E-state index contributed by atoms with van der Waals surface area (Å²) >= 11 is 11.6. The van der Waals surface area contributed by atoms with E-state index >= 15 is 0 Å². The number of ether oxygens (including phenoxy) is 1. The van der Waals surface area contributed by atoms with E-state index in [0.29, 0.717) is 11.6 Å². The van der Waals surface area contributed by atoms with Gasteiger partial charge in [0.2, 0.25) is 10.0 Å². The van der Waals surface area contributed by atoms with Gasteiger partial charge in [0.15, 0.2) is 0 Å². The molecular formula is C11H13Cl2NO3S. The van der Waals surface area contributed by atoms with Crippen LogP contribution in [-0.2, 0) is 14.8 Å². The topological polar surface area (TPSA) is 55.4 Å². The van der Waals surface area contributed by atoms with Crippen LogP contribution >= 0.6 is 23.2 Å². The van der Waals surface area contributed by atoms with Gasteiger partial charge in [-0.05, 0) is 31.0 Å². The molecule has 1 atom stereocenters. The first kappa shape index (κ1) is 14.1. The lowest BCUT2D eigenvalue weighted by Gasteiger charge is -2.12. The minimum Gasteiger partial charge on any atom is -0.377 e. The van der Waals surface area contributed by atoms with Gasteiger partial charge < -0.3 is 4.74 Å². The smallest absolute Gasteiger partial charge is 0.242 e. The van der Waals surface area contributed by atoms with E-state index in [9.17, 15) is 8.42 Å². The highest BCUT2D eigenvalue weighted by atomic mass is 35.5. The number of hydrogen-bond donors (Lipinski definition) is 1. The Bertz CT molecular complexity index is 527. The molecule has 1 saturated heterocycles. The average Bonchev–Trinajstić information content (AvgIpc) is 2.83. The molecule has 4 nitrogen and oxygen atoms in total. The molecule has 1 aromatic carbocycles. The zero-order valence-electron chi connectivity index (χ0n) is 9.53. The maximum atomic E-state index is 12.1. The molecule has 1 fully saturated rings. The molecule has 1 heterocycles. The fraction of sp³-hybridized carbons (Fsp3) is 0.455. The molecule has 7 heteroatoms. The summed E-state index contributed by atoms with van der Waals surface area (Å²) < 4.78 is 31.9. The van der Waals surface area contributed by atoms with Gasteiger partial charge in [-0.15, -0.1) is 0 Å². The van der Waals surface area contributed by atoms with Gasteiger partial charge in [-0.3, -0.25) is 0 Å². The van der Waals surface area contributed by atoms with Crippen LogP contribution < -0.4 is 4.72 Å². The second-order valence-corrected chi connectivity index (χ2v) is 6.64. The molecule has 18 heavy (non-hydrogen) atoms. The minimum atomic E-state index is -3.65. The van der Waals surface area contributed by atoms with Crippen LogP contribution in [0.1, 0.15) is 12.8 Å². The Hall–Kier alpha value is -0.330. The summed E-state index contributed by atoms with van der Waals surface area (Å²) in [6, 6.07) is 4.34. The molecule has 1 aliphatic heterocycles. The van der Waals surface area contributed by atoms with E-state index in [0.717, 1.165) is 12.8 Å². The second-order valence-electron chi connectivity index (χ2n) is 4.06. The summed E-state index contributed by atoms with van der Waals surface area (Å²) in [6.07, 6.45) is 1.77. The molecule has 0 aliphatic carbocycles. The molecule has 0 spiro atoms. The van der Waals surface area contributed by atoms with Crippen LogP contribution in [0.25, 0.3) is 0 Å². The van der Waals surface area contributed by atoms with Gasteiger partial charge in [-0.1, -0.05) is 23.2 Å². The van der Waals surface area contributed by atoms with Crippen molar-refractivity contribution in [1.82, 2.24) is 4.72 Å². The van der Waals surface area contributed by atoms with E-state index in [2.05, 4.69) is 4.72 Å². The van der Waals surface area contributed by atoms with Crippen LogP contribution in [0.2, 0.25) is 10.0 Å². The van der Waals surface area contributed by atoms with Crippen molar-refractivity contribution < 1.29 is 13.2 Å².